The normalized spacial score (nSPS) is 10.2. The lowest BCUT2D eigenvalue weighted by Crippen LogP contribution is -2.15. The van der Waals surface area contributed by atoms with Crippen molar-refractivity contribution < 1.29 is 9.18 Å². The molecule has 2 aromatic carbocycles. The van der Waals surface area contributed by atoms with E-state index in [2.05, 4.69) is 10.6 Å². The van der Waals surface area contributed by atoms with Gasteiger partial charge in [0.05, 0.1) is 11.3 Å². The van der Waals surface area contributed by atoms with Crippen molar-refractivity contribution in [2.24, 2.45) is 0 Å². The predicted molar refractivity (Wildman–Crippen MR) is 79.7 cm³/mol. The Labute approximate surface area is 117 Å². The minimum Gasteiger partial charge on any atom is -0.385 e. The highest BCUT2D eigenvalue weighted by molar-refractivity contribution is 6.08. The maximum Gasteiger partial charge on any atom is 0.257 e. The Morgan fingerprint density at radius 3 is 2.60 bits per heavy atom. The number of rotatable bonds is 4. The number of hydrogen-bond donors (Lipinski definition) is 2. The van der Waals surface area contributed by atoms with E-state index in [-0.39, 0.29) is 11.6 Å². The molecule has 3 nitrogen and oxygen atoms in total. The van der Waals surface area contributed by atoms with Gasteiger partial charge in [0.25, 0.3) is 5.91 Å². The summed E-state index contributed by atoms with van der Waals surface area (Å²) < 4.78 is 13.7. The molecule has 0 aliphatic rings. The minimum absolute atomic E-state index is 0.187. The Hall–Kier alpha value is -2.36. The largest absolute Gasteiger partial charge is 0.385 e. The molecule has 4 heteroatoms. The number of benzene rings is 2. The highest BCUT2D eigenvalue weighted by atomic mass is 19.1. The van der Waals surface area contributed by atoms with Gasteiger partial charge in [-0.3, -0.25) is 4.79 Å². The van der Waals surface area contributed by atoms with Crippen molar-refractivity contribution in [1.29, 1.82) is 0 Å². The summed E-state index contributed by atoms with van der Waals surface area (Å²) in [5.74, 6) is -0.761. The zero-order valence-electron chi connectivity index (χ0n) is 11.5. The predicted octanol–water partition coefficient (Wildman–Crippen LogP) is 3.82. The van der Waals surface area contributed by atoms with Gasteiger partial charge in [-0.15, -0.1) is 0 Å². The van der Waals surface area contributed by atoms with Gasteiger partial charge in [-0.05, 0) is 43.7 Å². The molecule has 2 aromatic rings. The van der Waals surface area contributed by atoms with Gasteiger partial charge in [0.15, 0.2) is 0 Å². The maximum atomic E-state index is 13.7. The molecule has 1 amide bonds. The van der Waals surface area contributed by atoms with Crippen LogP contribution in [0.4, 0.5) is 15.8 Å². The highest BCUT2D eigenvalue weighted by Crippen LogP contribution is 2.19. The SMILES string of the molecule is CCNc1ccccc1C(=O)Nc1ccc(C)cc1F. The van der Waals surface area contributed by atoms with Gasteiger partial charge in [0.2, 0.25) is 0 Å². The fourth-order valence-electron chi connectivity index (χ4n) is 1.94. The molecule has 0 atom stereocenters. The average molecular weight is 272 g/mol. The molecular formula is C16H17FN2O. The Morgan fingerprint density at radius 1 is 1.15 bits per heavy atom. The molecule has 0 heterocycles. The van der Waals surface area contributed by atoms with Crippen LogP contribution < -0.4 is 10.6 Å². The van der Waals surface area contributed by atoms with Crippen molar-refractivity contribution in [2.75, 3.05) is 17.2 Å². The molecule has 0 saturated heterocycles. The van der Waals surface area contributed by atoms with Crippen LogP contribution in [0, 0.1) is 12.7 Å². The van der Waals surface area contributed by atoms with Gasteiger partial charge >= 0.3 is 0 Å². The van der Waals surface area contributed by atoms with E-state index >= 15 is 0 Å². The van der Waals surface area contributed by atoms with Gasteiger partial charge in [-0.25, -0.2) is 4.39 Å². The van der Waals surface area contributed by atoms with Gasteiger partial charge in [0, 0.05) is 12.2 Å². The first-order valence-electron chi connectivity index (χ1n) is 6.52. The van der Waals surface area contributed by atoms with Crippen LogP contribution in [0.15, 0.2) is 42.5 Å². The molecule has 2 rings (SSSR count). The number of aryl methyl sites for hydroxylation is 1. The van der Waals surface area contributed by atoms with Crippen LogP contribution in [0.25, 0.3) is 0 Å². The Balaban J connectivity index is 2.24. The lowest BCUT2D eigenvalue weighted by atomic mass is 10.1. The average Bonchev–Trinajstić information content (AvgIpc) is 2.43. The second-order valence-corrected chi connectivity index (χ2v) is 4.51. The summed E-state index contributed by atoms with van der Waals surface area (Å²) in [5, 5.41) is 5.71. The third-order valence-corrected chi connectivity index (χ3v) is 2.91. The van der Waals surface area contributed by atoms with Crippen LogP contribution >= 0.6 is 0 Å². The molecule has 20 heavy (non-hydrogen) atoms. The molecule has 0 radical (unpaired) electrons. The lowest BCUT2D eigenvalue weighted by Gasteiger charge is -2.11. The van der Waals surface area contributed by atoms with Crippen molar-refractivity contribution in [2.45, 2.75) is 13.8 Å². The number of nitrogens with one attached hydrogen (secondary N) is 2. The van der Waals surface area contributed by atoms with E-state index in [1.807, 2.05) is 19.1 Å². The van der Waals surface area contributed by atoms with Crippen LogP contribution in [-0.4, -0.2) is 12.5 Å². The first-order chi connectivity index (χ1) is 9.61. The van der Waals surface area contributed by atoms with E-state index in [0.29, 0.717) is 12.1 Å². The number of anilines is 2. The molecule has 104 valence electrons. The first kappa shape index (κ1) is 14.1. The van der Waals surface area contributed by atoms with E-state index in [4.69, 9.17) is 0 Å². The van der Waals surface area contributed by atoms with Crippen LogP contribution in [0.3, 0.4) is 0 Å². The number of para-hydroxylation sites is 1. The van der Waals surface area contributed by atoms with E-state index in [0.717, 1.165) is 11.3 Å². The Kier molecular flexibility index (Phi) is 4.35. The van der Waals surface area contributed by atoms with Gasteiger partial charge < -0.3 is 10.6 Å². The molecule has 0 fully saturated rings. The number of halogens is 1. The van der Waals surface area contributed by atoms with E-state index in [1.165, 1.54) is 6.07 Å². The molecule has 2 N–H and O–H groups in total. The summed E-state index contributed by atoms with van der Waals surface area (Å²) in [6, 6.07) is 11.9. The third kappa shape index (κ3) is 3.15. The third-order valence-electron chi connectivity index (χ3n) is 2.91. The molecular weight excluding hydrogens is 255 g/mol. The van der Waals surface area contributed by atoms with Crippen molar-refractivity contribution in [3.05, 3.63) is 59.4 Å². The number of carbonyl (C=O) groups excluding carboxylic acids is 1. The summed E-state index contributed by atoms with van der Waals surface area (Å²) in [4.78, 5) is 12.2. The monoisotopic (exact) mass is 272 g/mol. The van der Waals surface area contributed by atoms with E-state index in [1.54, 1.807) is 31.2 Å². The zero-order chi connectivity index (χ0) is 14.5. The molecule has 0 aliphatic carbocycles. The van der Waals surface area contributed by atoms with Gasteiger partial charge in [-0.2, -0.15) is 0 Å². The molecule has 0 spiro atoms. The summed E-state index contributed by atoms with van der Waals surface area (Å²) in [6.07, 6.45) is 0. The van der Waals surface area contributed by atoms with Crippen molar-refractivity contribution in [1.82, 2.24) is 0 Å². The topological polar surface area (TPSA) is 41.1 Å². The van der Waals surface area contributed by atoms with Crippen LogP contribution in [0.1, 0.15) is 22.8 Å². The minimum atomic E-state index is -0.431. The number of hydrogen-bond acceptors (Lipinski definition) is 2. The van der Waals surface area contributed by atoms with Crippen molar-refractivity contribution in [3.63, 3.8) is 0 Å². The molecule has 0 bridgehead atoms. The zero-order valence-corrected chi connectivity index (χ0v) is 11.5. The number of amides is 1. The van der Waals surface area contributed by atoms with Gasteiger partial charge in [-0.1, -0.05) is 18.2 Å². The summed E-state index contributed by atoms with van der Waals surface area (Å²) >= 11 is 0. The second-order valence-electron chi connectivity index (χ2n) is 4.51. The molecule has 0 unspecified atom stereocenters. The summed E-state index contributed by atoms with van der Waals surface area (Å²) in [6.45, 7) is 4.46. The number of carbonyl (C=O) groups is 1. The molecule has 0 aliphatic heterocycles. The molecule has 0 aromatic heterocycles. The van der Waals surface area contributed by atoms with Crippen molar-refractivity contribution in [3.8, 4) is 0 Å². The summed E-state index contributed by atoms with van der Waals surface area (Å²) in [7, 11) is 0. The maximum absolute atomic E-state index is 13.7. The van der Waals surface area contributed by atoms with Crippen LogP contribution in [0.2, 0.25) is 0 Å². The fraction of sp³-hybridized carbons (Fsp3) is 0.188. The van der Waals surface area contributed by atoms with Crippen LogP contribution in [-0.2, 0) is 0 Å². The first-order valence-corrected chi connectivity index (χ1v) is 6.52. The Morgan fingerprint density at radius 2 is 1.90 bits per heavy atom. The fourth-order valence-corrected chi connectivity index (χ4v) is 1.94. The quantitative estimate of drug-likeness (QED) is 0.888. The van der Waals surface area contributed by atoms with E-state index in [9.17, 15) is 9.18 Å². The van der Waals surface area contributed by atoms with Crippen LogP contribution in [0.5, 0.6) is 0 Å². The second kappa shape index (κ2) is 6.19. The standard InChI is InChI=1S/C16H17FN2O/c1-3-18-14-7-5-4-6-12(14)16(20)19-15-9-8-11(2)10-13(15)17/h4-10,18H,3H2,1-2H3,(H,19,20). The van der Waals surface area contributed by atoms with E-state index < -0.39 is 5.82 Å². The highest BCUT2D eigenvalue weighted by Gasteiger charge is 2.12. The molecule has 0 saturated carbocycles. The van der Waals surface area contributed by atoms with Crippen molar-refractivity contribution >= 4 is 17.3 Å². The Bertz CT molecular complexity index is 626. The smallest absolute Gasteiger partial charge is 0.257 e. The summed E-state index contributed by atoms with van der Waals surface area (Å²) in [5.41, 5.74) is 2.23. The lowest BCUT2D eigenvalue weighted by molar-refractivity contribution is 0.102. The van der Waals surface area contributed by atoms with Gasteiger partial charge in [0.1, 0.15) is 5.82 Å².